The van der Waals surface area contributed by atoms with Crippen molar-refractivity contribution in [1.29, 1.82) is 0 Å². The van der Waals surface area contributed by atoms with Crippen LogP contribution in [0.2, 0.25) is 0 Å². The summed E-state index contributed by atoms with van der Waals surface area (Å²) in [6, 6.07) is 11.9. The fraction of sp³-hybridized carbons (Fsp3) is 0.375. The summed E-state index contributed by atoms with van der Waals surface area (Å²) in [5.74, 6) is -0.657. The molecular weight excluding hydrogens is 442 g/mol. The van der Waals surface area contributed by atoms with E-state index in [1.807, 2.05) is 43.0 Å². The first kappa shape index (κ1) is 23.0. The van der Waals surface area contributed by atoms with E-state index < -0.39 is 28.5 Å². The first-order valence-corrected chi connectivity index (χ1v) is 12.5. The average molecular weight is 470 g/mol. The molecule has 2 heterocycles. The minimum absolute atomic E-state index is 0.0137. The number of aryl methyl sites for hydroxylation is 1. The molecule has 1 atom stereocenters. The van der Waals surface area contributed by atoms with Gasteiger partial charge in [0, 0.05) is 13.0 Å². The molecule has 0 aromatic heterocycles. The molecule has 0 bridgehead atoms. The van der Waals surface area contributed by atoms with E-state index in [-0.39, 0.29) is 16.5 Å². The summed E-state index contributed by atoms with van der Waals surface area (Å²) in [6.45, 7) is 4.03. The lowest BCUT2D eigenvalue weighted by atomic mass is 10.0. The highest BCUT2D eigenvalue weighted by Gasteiger charge is 2.32. The van der Waals surface area contributed by atoms with Crippen LogP contribution in [-0.4, -0.2) is 39.3 Å². The maximum atomic E-state index is 12.7. The Morgan fingerprint density at radius 1 is 1.15 bits per heavy atom. The number of hydrogen-bond acceptors (Lipinski definition) is 6. The lowest BCUT2D eigenvalue weighted by molar-refractivity contribution is -0.124. The Balaban J connectivity index is 1.44. The number of hydrogen-bond donors (Lipinski definition) is 1. The van der Waals surface area contributed by atoms with Crippen molar-refractivity contribution in [1.82, 2.24) is 5.32 Å². The molecular formula is C24H27N3O5S. The zero-order valence-corrected chi connectivity index (χ0v) is 19.5. The number of nitrogens with one attached hydrogen (secondary N) is 1. The molecule has 174 valence electrons. The van der Waals surface area contributed by atoms with E-state index in [1.165, 1.54) is 12.1 Å². The first-order valence-electron chi connectivity index (χ1n) is 11.0. The van der Waals surface area contributed by atoms with E-state index in [0.717, 1.165) is 30.4 Å². The quantitative estimate of drug-likeness (QED) is 0.672. The van der Waals surface area contributed by atoms with Crippen LogP contribution in [0.4, 0.5) is 5.69 Å². The van der Waals surface area contributed by atoms with Crippen LogP contribution >= 0.6 is 0 Å². The predicted octanol–water partition coefficient (Wildman–Crippen LogP) is 3.51. The molecule has 1 amide bonds. The van der Waals surface area contributed by atoms with Crippen LogP contribution in [0.3, 0.4) is 0 Å². The third-order valence-corrected chi connectivity index (χ3v) is 7.28. The van der Waals surface area contributed by atoms with Crippen molar-refractivity contribution in [2.45, 2.75) is 50.5 Å². The van der Waals surface area contributed by atoms with Crippen molar-refractivity contribution in [3.8, 4) is 0 Å². The number of fused-ring (bicyclic) bond motifs is 3. The summed E-state index contributed by atoms with van der Waals surface area (Å²) in [7, 11) is -3.91. The Kier molecular flexibility index (Phi) is 6.51. The molecule has 8 nitrogen and oxygen atoms in total. The maximum absolute atomic E-state index is 12.7. The zero-order valence-electron chi connectivity index (χ0n) is 18.7. The second-order valence-corrected chi connectivity index (χ2v) is 9.92. The highest BCUT2D eigenvalue weighted by Crippen LogP contribution is 2.35. The number of ether oxygens (including phenoxy) is 1. The molecule has 2 aromatic rings. The normalized spacial score (nSPS) is 17.6. The minimum Gasteiger partial charge on any atom is -0.452 e. The Bertz CT molecular complexity index is 1220. The largest absolute Gasteiger partial charge is 0.452 e. The molecule has 2 aliphatic heterocycles. The number of esters is 1. The molecule has 4 rings (SSSR count). The maximum Gasteiger partial charge on any atom is 0.338 e. The molecule has 0 aliphatic carbocycles. The van der Waals surface area contributed by atoms with Gasteiger partial charge in [0.15, 0.2) is 6.61 Å². The van der Waals surface area contributed by atoms with Gasteiger partial charge in [-0.15, -0.1) is 4.40 Å². The standard InChI is InChI=1S/C24H27N3O5S/c1-16-8-5-6-9-19(16)17(2)25-23(28)15-32-24(29)18-11-12-20-21(14-18)33(30,31)26-22-10-4-3-7-13-27(20)22/h5-6,8-9,11-12,14,17H,3-4,7,10,13,15H2,1-2H3,(H,25,28). The summed E-state index contributed by atoms with van der Waals surface area (Å²) in [6.07, 6.45) is 3.46. The Labute approximate surface area is 193 Å². The van der Waals surface area contributed by atoms with Crippen LogP contribution in [0.15, 0.2) is 51.8 Å². The molecule has 2 aromatic carbocycles. The van der Waals surface area contributed by atoms with E-state index in [0.29, 0.717) is 24.5 Å². The lowest BCUT2D eigenvalue weighted by Crippen LogP contribution is -2.35. The molecule has 33 heavy (non-hydrogen) atoms. The first-order chi connectivity index (χ1) is 15.8. The minimum atomic E-state index is -3.91. The number of amides is 1. The van der Waals surface area contributed by atoms with E-state index in [1.54, 1.807) is 6.07 Å². The number of amidine groups is 1. The number of anilines is 1. The molecule has 1 saturated heterocycles. The van der Waals surface area contributed by atoms with Gasteiger partial charge in [0.2, 0.25) is 0 Å². The predicted molar refractivity (Wildman–Crippen MR) is 125 cm³/mol. The van der Waals surface area contributed by atoms with E-state index in [9.17, 15) is 18.0 Å². The topological polar surface area (TPSA) is 105 Å². The molecule has 0 spiro atoms. The van der Waals surface area contributed by atoms with Gasteiger partial charge in [0.25, 0.3) is 15.9 Å². The lowest BCUT2D eigenvalue weighted by Gasteiger charge is -2.29. The van der Waals surface area contributed by atoms with Gasteiger partial charge in [0.05, 0.1) is 17.3 Å². The monoisotopic (exact) mass is 469 g/mol. The van der Waals surface area contributed by atoms with Gasteiger partial charge >= 0.3 is 5.97 Å². The number of carbonyl (C=O) groups is 2. The van der Waals surface area contributed by atoms with Crippen molar-refractivity contribution in [2.24, 2.45) is 4.40 Å². The molecule has 0 saturated carbocycles. The van der Waals surface area contributed by atoms with E-state index in [2.05, 4.69) is 9.71 Å². The molecule has 9 heteroatoms. The number of sulfonamides is 1. The van der Waals surface area contributed by atoms with Gasteiger partial charge in [-0.05, 0) is 56.0 Å². The number of rotatable bonds is 5. The van der Waals surface area contributed by atoms with Crippen molar-refractivity contribution in [2.75, 3.05) is 18.1 Å². The van der Waals surface area contributed by atoms with E-state index >= 15 is 0 Å². The molecule has 1 unspecified atom stereocenters. The second-order valence-electron chi connectivity index (χ2n) is 8.35. The average Bonchev–Trinajstić information content (AvgIpc) is 3.02. The summed E-state index contributed by atoms with van der Waals surface area (Å²) in [4.78, 5) is 26.7. The third-order valence-electron chi connectivity index (χ3n) is 5.95. The van der Waals surface area contributed by atoms with Gasteiger partial charge in [0.1, 0.15) is 10.7 Å². The fourth-order valence-corrected chi connectivity index (χ4v) is 5.54. The Morgan fingerprint density at radius 2 is 1.94 bits per heavy atom. The van der Waals surface area contributed by atoms with Crippen molar-refractivity contribution in [3.63, 3.8) is 0 Å². The van der Waals surface area contributed by atoms with E-state index in [4.69, 9.17) is 4.74 Å². The van der Waals surface area contributed by atoms with Gasteiger partial charge in [-0.1, -0.05) is 30.7 Å². The van der Waals surface area contributed by atoms with Crippen LogP contribution in [0.1, 0.15) is 60.1 Å². The number of nitrogens with zero attached hydrogens (tertiary/aromatic N) is 2. The van der Waals surface area contributed by atoms with Crippen molar-refractivity contribution < 1.29 is 22.7 Å². The molecule has 1 fully saturated rings. The highest BCUT2D eigenvalue weighted by atomic mass is 32.2. The van der Waals surface area contributed by atoms with Crippen LogP contribution in [-0.2, 0) is 19.6 Å². The molecule has 2 aliphatic rings. The summed E-state index contributed by atoms with van der Waals surface area (Å²) >= 11 is 0. The van der Waals surface area contributed by atoms with Crippen LogP contribution in [0, 0.1) is 6.92 Å². The smallest absolute Gasteiger partial charge is 0.338 e. The Hall–Kier alpha value is -3.20. The zero-order chi connectivity index (χ0) is 23.6. The summed E-state index contributed by atoms with van der Waals surface area (Å²) < 4.78 is 34.6. The number of carbonyl (C=O) groups excluding carboxylic acids is 2. The van der Waals surface area contributed by atoms with Gasteiger partial charge < -0.3 is 15.0 Å². The summed E-state index contributed by atoms with van der Waals surface area (Å²) in [5.41, 5.74) is 2.62. The highest BCUT2D eigenvalue weighted by molar-refractivity contribution is 7.90. The van der Waals surface area contributed by atoms with Crippen LogP contribution in [0.25, 0.3) is 0 Å². The van der Waals surface area contributed by atoms with Gasteiger partial charge in [-0.2, -0.15) is 8.42 Å². The summed E-state index contributed by atoms with van der Waals surface area (Å²) in [5, 5.41) is 2.81. The third kappa shape index (κ3) is 4.93. The van der Waals surface area contributed by atoms with Gasteiger partial charge in [-0.25, -0.2) is 4.79 Å². The fourth-order valence-electron chi connectivity index (χ4n) is 4.25. The van der Waals surface area contributed by atoms with Crippen molar-refractivity contribution in [3.05, 3.63) is 59.2 Å². The second kappa shape index (κ2) is 9.35. The van der Waals surface area contributed by atoms with Gasteiger partial charge in [-0.3, -0.25) is 4.79 Å². The molecule has 1 N–H and O–H groups in total. The molecule has 0 radical (unpaired) electrons. The Morgan fingerprint density at radius 3 is 2.73 bits per heavy atom. The van der Waals surface area contributed by atoms with Crippen LogP contribution < -0.4 is 10.2 Å². The van der Waals surface area contributed by atoms with Crippen molar-refractivity contribution >= 4 is 33.4 Å². The number of benzene rings is 2. The SMILES string of the molecule is Cc1ccccc1C(C)NC(=O)COC(=O)c1ccc2c(c1)S(=O)(=O)N=C1CCCCCN12. The van der Waals surface area contributed by atoms with Crippen LogP contribution in [0.5, 0.6) is 0 Å².